The highest BCUT2D eigenvalue weighted by molar-refractivity contribution is 5.77. The number of quaternary nitrogens is 1. The Kier molecular flexibility index (Phi) is 11.8. The van der Waals surface area contributed by atoms with Crippen molar-refractivity contribution in [2.75, 3.05) is 26.4 Å². The van der Waals surface area contributed by atoms with Crippen molar-refractivity contribution in [3.63, 3.8) is 0 Å². The van der Waals surface area contributed by atoms with Crippen LogP contribution in [0.2, 0.25) is 0 Å². The predicted molar refractivity (Wildman–Crippen MR) is 116 cm³/mol. The van der Waals surface area contributed by atoms with Crippen molar-refractivity contribution >= 4 is 5.91 Å². The molecule has 0 aromatic carbocycles. The van der Waals surface area contributed by atoms with Crippen LogP contribution in [-0.4, -0.2) is 41.8 Å². The van der Waals surface area contributed by atoms with E-state index < -0.39 is 0 Å². The topological polar surface area (TPSA) is 29.5 Å². The second-order valence-electron chi connectivity index (χ2n) is 8.85. The molecule has 1 atom stereocenters. The smallest absolute Gasteiger partial charge is 0.226 e. The van der Waals surface area contributed by atoms with Crippen molar-refractivity contribution in [2.24, 2.45) is 0 Å². The SMILES string of the molecule is CCCCCCCCCCCCCCCC[N+]1(CN2CCCC2=O)C=CCO1. The fraction of sp³-hybridized carbons (Fsp3) is 0.875. The molecule has 4 heteroatoms. The lowest BCUT2D eigenvalue weighted by Crippen LogP contribution is -2.49. The van der Waals surface area contributed by atoms with E-state index in [4.69, 9.17) is 4.84 Å². The van der Waals surface area contributed by atoms with Crippen LogP contribution < -0.4 is 0 Å². The van der Waals surface area contributed by atoms with Crippen molar-refractivity contribution in [2.45, 2.75) is 110 Å². The summed E-state index contributed by atoms with van der Waals surface area (Å²) in [5, 5.41) is 0. The Morgan fingerprint density at radius 2 is 1.46 bits per heavy atom. The van der Waals surface area contributed by atoms with Gasteiger partial charge in [0.05, 0.1) is 0 Å². The van der Waals surface area contributed by atoms with Crippen molar-refractivity contribution in [3.8, 4) is 0 Å². The number of hydrogen-bond acceptors (Lipinski definition) is 2. The average molecular weight is 394 g/mol. The van der Waals surface area contributed by atoms with E-state index >= 15 is 0 Å². The number of unbranched alkanes of at least 4 members (excludes halogenated alkanes) is 13. The minimum Gasteiger partial charge on any atom is -0.293 e. The van der Waals surface area contributed by atoms with E-state index in [1.807, 2.05) is 4.90 Å². The van der Waals surface area contributed by atoms with Crippen molar-refractivity contribution < 1.29 is 14.3 Å². The summed E-state index contributed by atoms with van der Waals surface area (Å²) < 4.78 is 0.532. The van der Waals surface area contributed by atoms with Crippen molar-refractivity contribution in [3.05, 3.63) is 12.3 Å². The zero-order valence-electron chi connectivity index (χ0n) is 18.5. The second kappa shape index (κ2) is 14.2. The molecule has 1 fully saturated rings. The molecule has 0 aromatic rings. The number of hydrogen-bond donors (Lipinski definition) is 0. The van der Waals surface area contributed by atoms with Crippen LogP contribution in [0.1, 0.15) is 110 Å². The number of rotatable bonds is 17. The summed E-state index contributed by atoms with van der Waals surface area (Å²) in [5.41, 5.74) is 0. The van der Waals surface area contributed by atoms with Gasteiger partial charge in [0, 0.05) is 19.0 Å². The number of carbonyl (C=O) groups is 1. The summed E-state index contributed by atoms with van der Waals surface area (Å²) in [4.78, 5) is 19.9. The van der Waals surface area contributed by atoms with Crippen LogP contribution in [0, 0.1) is 0 Å². The highest BCUT2D eigenvalue weighted by Crippen LogP contribution is 2.22. The molecule has 4 nitrogen and oxygen atoms in total. The molecule has 0 spiro atoms. The third kappa shape index (κ3) is 9.09. The Morgan fingerprint density at radius 3 is 1.93 bits per heavy atom. The normalized spacial score (nSPS) is 21.9. The molecule has 28 heavy (non-hydrogen) atoms. The first-order valence-corrected chi connectivity index (χ1v) is 12.2. The Balaban J connectivity index is 1.43. The van der Waals surface area contributed by atoms with Gasteiger partial charge in [-0.2, -0.15) is 4.84 Å². The molecule has 162 valence electrons. The zero-order chi connectivity index (χ0) is 19.9. The third-order valence-electron chi connectivity index (χ3n) is 6.28. The van der Waals surface area contributed by atoms with Crippen LogP contribution in [0.25, 0.3) is 0 Å². The summed E-state index contributed by atoms with van der Waals surface area (Å²) in [6.07, 6.45) is 25.4. The summed E-state index contributed by atoms with van der Waals surface area (Å²) >= 11 is 0. The van der Waals surface area contributed by atoms with E-state index in [0.717, 1.165) is 19.5 Å². The largest absolute Gasteiger partial charge is 0.293 e. The maximum atomic E-state index is 11.9. The van der Waals surface area contributed by atoms with E-state index in [1.54, 1.807) is 0 Å². The maximum Gasteiger partial charge on any atom is 0.226 e. The van der Waals surface area contributed by atoms with Gasteiger partial charge in [-0.25, -0.2) is 0 Å². The quantitative estimate of drug-likeness (QED) is 0.214. The van der Waals surface area contributed by atoms with Crippen molar-refractivity contribution in [1.82, 2.24) is 4.90 Å². The molecule has 2 heterocycles. The van der Waals surface area contributed by atoms with Gasteiger partial charge in [0.2, 0.25) is 5.91 Å². The second-order valence-corrected chi connectivity index (χ2v) is 8.85. The van der Waals surface area contributed by atoms with E-state index in [0.29, 0.717) is 30.2 Å². The standard InChI is InChI=1S/C24H45N2O2/c1-2-3-4-5-6-7-8-9-10-11-12-13-14-15-20-26(21-17-22-28-26)23-25-19-16-18-24(25)27/h17,21H,2-16,18-20,22-23H2,1H3/q+1. The van der Waals surface area contributed by atoms with Gasteiger partial charge in [-0.05, 0) is 19.3 Å². The molecular formula is C24H45N2O2+. The van der Waals surface area contributed by atoms with Gasteiger partial charge in [-0.3, -0.25) is 9.69 Å². The number of hydroxylamine groups is 3. The number of carbonyl (C=O) groups excluding carboxylic acids is 1. The number of nitrogens with zero attached hydrogens (tertiary/aromatic N) is 2. The van der Waals surface area contributed by atoms with E-state index in [9.17, 15) is 4.79 Å². The first-order valence-electron chi connectivity index (χ1n) is 12.2. The Bertz CT molecular complexity index is 452. The monoisotopic (exact) mass is 393 g/mol. The van der Waals surface area contributed by atoms with Gasteiger partial charge in [-0.1, -0.05) is 84.0 Å². The molecule has 0 radical (unpaired) electrons. The van der Waals surface area contributed by atoms with Gasteiger partial charge in [-0.15, -0.1) is 4.65 Å². The first-order chi connectivity index (χ1) is 13.8. The highest BCUT2D eigenvalue weighted by atomic mass is 16.7. The van der Waals surface area contributed by atoms with Crippen LogP contribution >= 0.6 is 0 Å². The molecule has 0 saturated carbocycles. The van der Waals surface area contributed by atoms with Crippen LogP contribution in [0.5, 0.6) is 0 Å². The molecule has 0 N–H and O–H groups in total. The number of likely N-dealkylation sites (tertiary alicyclic amines) is 1. The van der Waals surface area contributed by atoms with Gasteiger partial charge >= 0.3 is 0 Å². The Morgan fingerprint density at radius 1 is 0.893 bits per heavy atom. The Labute approximate surface area is 173 Å². The molecule has 0 aliphatic carbocycles. The predicted octanol–water partition coefficient (Wildman–Crippen LogP) is 6.32. The van der Waals surface area contributed by atoms with Crippen LogP contribution in [0.3, 0.4) is 0 Å². The summed E-state index contributed by atoms with van der Waals surface area (Å²) in [6, 6.07) is 0. The molecule has 1 saturated heterocycles. The van der Waals surface area contributed by atoms with E-state index in [2.05, 4.69) is 19.2 Å². The van der Waals surface area contributed by atoms with Crippen molar-refractivity contribution in [1.29, 1.82) is 0 Å². The molecule has 2 aliphatic rings. The summed E-state index contributed by atoms with van der Waals surface area (Å²) in [5.74, 6) is 0.294. The fourth-order valence-corrected chi connectivity index (χ4v) is 4.48. The van der Waals surface area contributed by atoms with Gasteiger partial charge in [0.25, 0.3) is 0 Å². The molecule has 2 rings (SSSR count). The number of amides is 1. The van der Waals surface area contributed by atoms with Gasteiger partial charge < -0.3 is 0 Å². The lowest BCUT2D eigenvalue weighted by Gasteiger charge is -2.32. The molecule has 1 amide bonds. The van der Waals surface area contributed by atoms with E-state index in [-0.39, 0.29) is 0 Å². The molecule has 0 bridgehead atoms. The summed E-state index contributed by atoms with van der Waals surface area (Å²) in [7, 11) is 0. The molecular weight excluding hydrogens is 348 g/mol. The third-order valence-corrected chi connectivity index (χ3v) is 6.28. The van der Waals surface area contributed by atoms with Crippen LogP contribution in [0.15, 0.2) is 12.3 Å². The molecule has 2 aliphatic heterocycles. The van der Waals surface area contributed by atoms with E-state index in [1.165, 1.54) is 89.9 Å². The Hall–Kier alpha value is -0.870. The summed E-state index contributed by atoms with van der Waals surface area (Å²) in [6.45, 7) is 5.56. The first kappa shape index (κ1) is 23.4. The van der Waals surface area contributed by atoms with Crippen LogP contribution in [0.4, 0.5) is 0 Å². The minimum atomic E-state index is 0.294. The van der Waals surface area contributed by atoms with Crippen LogP contribution in [-0.2, 0) is 9.63 Å². The average Bonchev–Trinajstić information content (AvgIpc) is 3.32. The lowest BCUT2D eigenvalue weighted by atomic mass is 10.0. The highest BCUT2D eigenvalue weighted by Gasteiger charge is 2.36. The zero-order valence-corrected chi connectivity index (χ0v) is 18.5. The lowest BCUT2D eigenvalue weighted by molar-refractivity contribution is -1.06. The van der Waals surface area contributed by atoms with Gasteiger partial charge in [0.15, 0.2) is 6.67 Å². The fourth-order valence-electron chi connectivity index (χ4n) is 4.48. The maximum absolute atomic E-state index is 11.9. The molecule has 1 unspecified atom stereocenters. The molecule has 0 aromatic heterocycles. The van der Waals surface area contributed by atoms with Gasteiger partial charge in [0.1, 0.15) is 19.4 Å². The minimum absolute atomic E-state index is 0.294.